The summed E-state index contributed by atoms with van der Waals surface area (Å²) in [4.78, 5) is 22.8. The summed E-state index contributed by atoms with van der Waals surface area (Å²) in [5.74, 6) is -1.01. The van der Waals surface area contributed by atoms with Crippen LogP contribution in [0.3, 0.4) is 0 Å². The van der Waals surface area contributed by atoms with Gasteiger partial charge in [-0.1, -0.05) is 6.42 Å². The van der Waals surface area contributed by atoms with Gasteiger partial charge in [-0.25, -0.2) is 4.79 Å². The maximum atomic E-state index is 11.8. The fraction of sp³-hybridized carbons (Fsp3) is 0.857. The zero-order valence-electron chi connectivity index (χ0n) is 12.0. The summed E-state index contributed by atoms with van der Waals surface area (Å²) in [6.45, 7) is 3.67. The summed E-state index contributed by atoms with van der Waals surface area (Å²) in [6, 6.07) is -0.238. The fourth-order valence-corrected chi connectivity index (χ4v) is 3.14. The number of aliphatic carboxylic acids is 1. The molecule has 0 spiro atoms. The van der Waals surface area contributed by atoms with Gasteiger partial charge in [0.1, 0.15) is 0 Å². The molecule has 0 aromatic heterocycles. The van der Waals surface area contributed by atoms with E-state index in [0.29, 0.717) is 13.1 Å². The predicted molar refractivity (Wildman–Crippen MR) is 73.5 cm³/mol. The molecule has 2 rings (SSSR count). The molecule has 1 heterocycles. The molecular formula is C14H24N2O4. The molecule has 2 amide bonds. The molecule has 6 heteroatoms. The van der Waals surface area contributed by atoms with Gasteiger partial charge in [0, 0.05) is 19.7 Å². The Kier molecular flexibility index (Phi) is 4.86. The van der Waals surface area contributed by atoms with E-state index in [4.69, 9.17) is 9.84 Å². The van der Waals surface area contributed by atoms with E-state index in [9.17, 15) is 9.59 Å². The minimum absolute atomic E-state index is 0.0524. The second-order valence-electron chi connectivity index (χ2n) is 6.10. The normalized spacial score (nSPS) is 33.0. The van der Waals surface area contributed by atoms with Gasteiger partial charge in [0.25, 0.3) is 0 Å². The third-order valence-corrected chi connectivity index (χ3v) is 4.42. The first kappa shape index (κ1) is 15.1. The van der Waals surface area contributed by atoms with Gasteiger partial charge in [0.05, 0.1) is 11.5 Å². The minimum Gasteiger partial charge on any atom is -0.481 e. The number of nitrogens with one attached hydrogen (secondary N) is 2. The monoisotopic (exact) mass is 284 g/mol. The molecular weight excluding hydrogens is 260 g/mol. The number of amides is 2. The Labute approximate surface area is 119 Å². The van der Waals surface area contributed by atoms with Crippen LogP contribution in [-0.4, -0.2) is 42.4 Å². The quantitative estimate of drug-likeness (QED) is 0.711. The van der Waals surface area contributed by atoms with Crippen LogP contribution in [0.25, 0.3) is 0 Å². The van der Waals surface area contributed by atoms with Crippen LogP contribution in [-0.2, 0) is 9.53 Å². The highest BCUT2D eigenvalue weighted by atomic mass is 16.5. The third-order valence-electron chi connectivity index (χ3n) is 4.42. The molecule has 0 aromatic carbocycles. The molecule has 3 unspecified atom stereocenters. The van der Waals surface area contributed by atoms with Gasteiger partial charge in [0.2, 0.25) is 0 Å². The zero-order chi connectivity index (χ0) is 14.6. The lowest BCUT2D eigenvalue weighted by molar-refractivity contribution is -0.142. The van der Waals surface area contributed by atoms with Crippen LogP contribution in [0.5, 0.6) is 0 Å². The van der Waals surface area contributed by atoms with Crippen molar-refractivity contribution in [2.45, 2.75) is 44.6 Å². The van der Waals surface area contributed by atoms with Crippen molar-refractivity contribution >= 4 is 12.0 Å². The molecule has 1 aliphatic heterocycles. The lowest BCUT2D eigenvalue weighted by Crippen LogP contribution is -2.46. The van der Waals surface area contributed by atoms with Crippen LogP contribution in [0.15, 0.2) is 0 Å². The summed E-state index contributed by atoms with van der Waals surface area (Å²) in [7, 11) is 0. The molecule has 1 saturated heterocycles. The molecule has 0 bridgehead atoms. The first-order chi connectivity index (χ1) is 9.50. The number of urea groups is 1. The van der Waals surface area contributed by atoms with Crippen molar-refractivity contribution in [2.75, 3.05) is 19.7 Å². The first-order valence-corrected chi connectivity index (χ1v) is 7.39. The van der Waals surface area contributed by atoms with Crippen LogP contribution < -0.4 is 10.6 Å². The number of rotatable bonds is 5. The SMILES string of the molecule is CC1(CNC(=O)NCC2CCCC2C(=O)O)CCCO1. The van der Waals surface area contributed by atoms with Crippen LogP contribution in [0.1, 0.15) is 39.0 Å². The maximum absolute atomic E-state index is 11.8. The van der Waals surface area contributed by atoms with E-state index in [2.05, 4.69) is 10.6 Å². The Morgan fingerprint density at radius 2 is 2.10 bits per heavy atom. The van der Waals surface area contributed by atoms with Crippen molar-refractivity contribution in [1.82, 2.24) is 10.6 Å². The Hall–Kier alpha value is -1.30. The number of carbonyl (C=O) groups excluding carboxylic acids is 1. The highest BCUT2D eigenvalue weighted by Crippen LogP contribution is 2.31. The van der Waals surface area contributed by atoms with E-state index in [1.54, 1.807) is 0 Å². The predicted octanol–water partition coefficient (Wildman–Crippen LogP) is 1.36. The molecule has 0 aromatic rings. The van der Waals surface area contributed by atoms with E-state index in [1.165, 1.54) is 0 Å². The van der Waals surface area contributed by atoms with Gasteiger partial charge in [0.15, 0.2) is 0 Å². The number of carbonyl (C=O) groups is 2. The number of ether oxygens (including phenoxy) is 1. The van der Waals surface area contributed by atoms with Crippen molar-refractivity contribution < 1.29 is 19.4 Å². The highest BCUT2D eigenvalue weighted by molar-refractivity contribution is 5.74. The Bertz CT molecular complexity index is 366. The fourth-order valence-electron chi connectivity index (χ4n) is 3.14. The lowest BCUT2D eigenvalue weighted by atomic mass is 9.96. The highest BCUT2D eigenvalue weighted by Gasteiger charge is 2.33. The molecule has 6 nitrogen and oxygen atoms in total. The van der Waals surface area contributed by atoms with E-state index in [0.717, 1.165) is 38.7 Å². The minimum atomic E-state index is -0.749. The number of hydrogen-bond donors (Lipinski definition) is 3. The van der Waals surface area contributed by atoms with Crippen LogP contribution >= 0.6 is 0 Å². The Morgan fingerprint density at radius 3 is 2.75 bits per heavy atom. The summed E-state index contributed by atoms with van der Waals surface area (Å²) in [5, 5.41) is 14.7. The van der Waals surface area contributed by atoms with E-state index in [1.807, 2.05) is 6.92 Å². The molecule has 1 aliphatic carbocycles. The lowest BCUT2D eigenvalue weighted by Gasteiger charge is -2.24. The summed E-state index contributed by atoms with van der Waals surface area (Å²) in [5.41, 5.74) is -0.256. The summed E-state index contributed by atoms with van der Waals surface area (Å²) >= 11 is 0. The second-order valence-corrected chi connectivity index (χ2v) is 6.10. The van der Waals surface area contributed by atoms with E-state index in [-0.39, 0.29) is 23.5 Å². The van der Waals surface area contributed by atoms with Crippen LogP contribution in [0.4, 0.5) is 4.79 Å². The number of hydrogen-bond acceptors (Lipinski definition) is 3. The van der Waals surface area contributed by atoms with Gasteiger partial charge in [-0.15, -0.1) is 0 Å². The van der Waals surface area contributed by atoms with E-state index < -0.39 is 5.97 Å². The van der Waals surface area contributed by atoms with Gasteiger partial charge in [-0.3, -0.25) is 4.79 Å². The summed E-state index contributed by atoms with van der Waals surface area (Å²) < 4.78 is 5.60. The first-order valence-electron chi connectivity index (χ1n) is 7.39. The molecule has 3 N–H and O–H groups in total. The standard InChI is InChI=1S/C14H24N2O4/c1-14(6-3-7-20-14)9-16-13(19)15-8-10-4-2-5-11(10)12(17)18/h10-11H,2-9H2,1H3,(H,17,18)(H2,15,16,19). The second kappa shape index (κ2) is 6.43. The largest absolute Gasteiger partial charge is 0.481 e. The zero-order valence-corrected chi connectivity index (χ0v) is 12.0. The van der Waals surface area contributed by atoms with Crippen molar-refractivity contribution in [3.8, 4) is 0 Å². The van der Waals surface area contributed by atoms with Crippen LogP contribution in [0.2, 0.25) is 0 Å². The molecule has 2 fully saturated rings. The summed E-state index contributed by atoms with van der Waals surface area (Å²) in [6.07, 6.45) is 4.50. The average Bonchev–Trinajstić information content (AvgIpc) is 3.03. The molecule has 0 radical (unpaired) electrons. The van der Waals surface area contributed by atoms with Crippen LogP contribution in [0, 0.1) is 11.8 Å². The maximum Gasteiger partial charge on any atom is 0.314 e. The van der Waals surface area contributed by atoms with Crippen molar-refractivity contribution in [3.63, 3.8) is 0 Å². The molecule has 114 valence electrons. The average molecular weight is 284 g/mol. The Balaban J connectivity index is 1.68. The van der Waals surface area contributed by atoms with Crippen molar-refractivity contribution in [2.24, 2.45) is 11.8 Å². The topological polar surface area (TPSA) is 87.7 Å². The smallest absolute Gasteiger partial charge is 0.314 e. The molecule has 20 heavy (non-hydrogen) atoms. The number of carboxylic acids is 1. The molecule has 2 aliphatic rings. The van der Waals surface area contributed by atoms with Crippen molar-refractivity contribution in [3.05, 3.63) is 0 Å². The van der Waals surface area contributed by atoms with Crippen molar-refractivity contribution in [1.29, 1.82) is 0 Å². The Morgan fingerprint density at radius 1 is 1.30 bits per heavy atom. The molecule has 1 saturated carbocycles. The van der Waals surface area contributed by atoms with Gasteiger partial charge >= 0.3 is 12.0 Å². The van der Waals surface area contributed by atoms with Gasteiger partial charge < -0.3 is 20.5 Å². The number of carboxylic acid groups (broad SMARTS) is 1. The van der Waals surface area contributed by atoms with Gasteiger partial charge in [-0.05, 0) is 38.5 Å². The van der Waals surface area contributed by atoms with E-state index >= 15 is 0 Å². The third kappa shape index (κ3) is 3.85. The van der Waals surface area contributed by atoms with Gasteiger partial charge in [-0.2, -0.15) is 0 Å². The molecule has 3 atom stereocenters.